The van der Waals surface area contributed by atoms with Crippen molar-refractivity contribution in [1.82, 2.24) is 4.90 Å². The summed E-state index contributed by atoms with van der Waals surface area (Å²) < 4.78 is 0. The number of carbonyl (C=O) groups is 1. The molecule has 1 saturated heterocycles. The predicted molar refractivity (Wildman–Crippen MR) is 63.9 cm³/mol. The molecule has 1 aliphatic heterocycles. The van der Waals surface area contributed by atoms with Crippen LogP contribution in [0.25, 0.3) is 0 Å². The quantitative estimate of drug-likeness (QED) is 0.666. The molecule has 3 rings (SSSR count). The van der Waals surface area contributed by atoms with Gasteiger partial charge >= 0.3 is 0 Å². The van der Waals surface area contributed by atoms with Crippen molar-refractivity contribution in [2.24, 2.45) is 17.8 Å². The smallest absolute Gasteiger partial charge is 0.226 e. The van der Waals surface area contributed by atoms with Gasteiger partial charge in [-0.05, 0) is 44.4 Å². The predicted octanol–water partition coefficient (Wildman–Crippen LogP) is 2.82. The number of rotatable bonds is 1. The highest BCUT2D eigenvalue weighted by atomic mass is 16.2. The van der Waals surface area contributed by atoms with Gasteiger partial charge in [-0.2, -0.15) is 0 Å². The SMILES string of the molecule is C[C@@H]1C[C@@H]1C(=O)N1[C@H](C)C[C@H]2CCCC[C@@H]21. The summed E-state index contributed by atoms with van der Waals surface area (Å²) in [6.07, 6.45) is 7.74. The molecule has 90 valence electrons. The van der Waals surface area contributed by atoms with Crippen molar-refractivity contribution in [3.8, 4) is 0 Å². The first-order valence-corrected chi connectivity index (χ1v) is 7.00. The van der Waals surface area contributed by atoms with Crippen LogP contribution in [0.2, 0.25) is 0 Å². The molecule has 0 unspecified atom stereocenters. The normalized spacial score (nSPS) is 46.6. The highest BCUT2D eigenvalue weighted by molar-refractivity contribution is 5.82. The number of carbonyl (C=O) groups excluding carboxylic acids is 1. The van der Waals surface area contributed by atoms with Gasteiger partial charge in [0.05, 0.1) is 0 Å². The van der Waals surface area contributed by atoms with Crippen molar-refractivity contribution in [1.29, 1.82) is 0 Å². The maximum Gasteiger partial charge on any atom is 0.226 e. The highest BCUT2D eigenvalue weighted by Crippen LogP contribution is 2.45. The van der Waals surface area contributed by atoms with Gasteiger partial charge in [0.25, 0.3) is 0 Å². The molecule has 3 fully saturated rings. The minimum absolute atomic E-state index is 0.378. The van der Waals surface area contributed by atoms with Gasteiger partial charge in [-0.25, -0.2) is 0 Å². The van der Waals surface area contributed by atoms with E-state index in [4.69, 9.17) is 0 Å². The molecule has 2 heteroatoms. The molecule has 0 aromatic rings. The van der Waals surface area contributed by atoms with Crippen molar-refractivity contribution in [2.45, 2.75) is 64.5 Å². The Hall–Kier alpha value is -0.530. The van der Waals surface area contributed by atoms with Crippen LogP contribution in [0.15, 0.2) is 0 Å². The Kier molecular flexibility index (Phi) is 2.49. The topological polar surface area (TPSA) is 20.3 Å². The Morgan fingerprint density at radius 1 is 1.12 bits per heavy atom. The third-order valence-corrected chi connectivity index (χ3v) is 5.03. The fourth-order valence-corrected chi connectivity index (χ4v) is 3.95. The lowest BCUT2D eigenvalue weighted by molar-refractivity contribution is -0.136. The summed E-state index contributed by atoms with van der Waals surface area (Å²) >= 11 is 0. The molecule has 5 atom stereocenters. The summed E-state index contributed by atoms with van der Waals surface area (Å²) in [4.78, 5) is 14.7. The zero-order valence-electron chi connectivity index (χ0n) is 10.5. The van der Waals surface area contributed by atoms with Crippen molar-refractivity contribution < 1.29 is 4.79 Å². The number of amides is 1. The number of nitrogens with zero attached hydrogens (tertiary/aromatic N) is 1. The molecule has 2 saturated carbocycles. The van der Waals surface area contributed by atoms with Crippen LogP contribution < -0.4 is 0 Å². The molecular weight excluding hydrogens is 198 g/mol. The first-order valence-electron chi connectivity index (χ1n) is 7.00. The third kappa shape index (κ3) is 1.57. The van der Waals surface area contributed by atoms with Crippen LogP contribution in [0.5, 0.6) is 0 Å². The van der Waals surface area contributed by atoms with Gasteiger partial charge in [0.1, 0.15) is 0 Å². The molecule has 1 amide bonds. The number of hydrogen-bond donors (Lipinski definition) is 0. The van der Waals surface area contributed by atoms with E-state index in [1.54, 1.807) is 0 Å². The monoisotopic (exact) mass is 221 g/mol. The zero-order chi connectivity index (χ0) is 11.3. The molecule has 0 bridgehead atoms. The summed E-state index contributed by atoms with van der Waals surface area (Å²) in [7, 11) is 0. The van der Waals surface area contributed by atoms with Crippen LogP contribution in [-0.4, -0.2) is 22.9 Å². The molecule has 16 heavy (non-hydrogen) atoms. The van der Waals surface area contributed by atoms with Gasteiger partial charge in [-0.1, -0.05) is 19.8 Å². The number of fused-ring (bicyclic) bond motifs is 1. The Morgan fingerprint density at radius 2 is 1.81 bits per heavy atom. The van der Waals surface area contributed by atoms with Crippen LogP contribution in [0.3, 0.4) is 0 Å². The Bertz CT molecular complexity index is 301. The summed E-state index contributed by atoms with van der Waals surface area (Å²) in [6, 6.07) is 1.11. The van der Waals surface area contributed by atoms with E-state index in [9.17, 15) is 4.79 Å². The fourth-order valence-electron chi connectivity index (χ4n) is 3.95. The van der Waals surface area contributed by atoms with Crippen molar-refractivity contribution in [3.05, 3.63) is 0 Å². The molecule has 0 radical (unpaired) electrons. The lowest BCUT2D eigenvalue weighted by Crippen LogP contribution is -2.43. The van der Waals surface area contributed by atoms with Gasteiger partial charge in [0.2, 0.25) is 5.91 Å². The molecule has 1 heterocycles. The van der Waals surface area contributed by atoms with E-state index in [0.717, 1.165) is 12.3 Å². The van der Waals surface area contributed by atoms with E-state index >= 15 is 0 Å². The maximum absolute atomic E-state index is 12.4. The molecule has 0 N–H and O–H groups in total. The van der Waals surface area contributed by atoms with E-state index in [0.29, 0.717) is 29.8 Å². The van der Waals surface area contributed by atoms with Gasteiger partial charge in [-0.15, -0.1) is 0 Å². The van der Waals surface area contributed by atoms with Gasteiger partial charge in [-0.3, -0.25) is 4.79 Å². The Labute approximate surface area is 98.4 Å². The molecule has 2 aliphatic carbocycles. The Morgan fingerprint density at radius 3 is 2.50 bits per heavy atom. The maximum atomic E-state index is 12.4. The first-order chi connectivity index (χ1) is 7.68. The van der Waals surface area contributed by atoms with Crippen molar-refractivity contribution in [2.75, 3.05) is 0 Å². The van der Waals surface area contributed by atoms with E-state index in [1.165, 1.54) is 32.1 Å². The third-order valence-electron chi connectivity index (χ3n) is 5.03. The second kappa shape index (κ2) is 3.75. The van der Waals surface area contributed by atoms with Crippen molar-refractivity contribution in [3.63, 3.8) is 0 Å². The summed E-state index contributed by atoms with van der Waals surface area (Å²) in [6.45, 7) is 4.46. The van der Waals surface area contributed by atoms with Gasteiger partial charge < -0.3 is 4.90 Å². The van der Waals surface area contributed by atoms with Gasteiger partial charge in [0.15, 0.2) is 0 Å². The second-order valence-corrected chi connectivity index (χ2v) is 6.26. The van der Waals surface area contributed by atoms with E-state index in [2.05, 4.69) is 18.7 Å². The zero-order valence-corrected chi connectivity index (χ0v) is 10.5. The molecule has 3 aliphatic rings. The van der Waals surface area contributed by atoms with Crippen LogP contribution in [0.4, 0.5) is 0 Å². The summed E-state index contributed by atoms with van der Waals surface area (Å²) in [5, 5.41) is 0. The highest BCUT2D eigenvalue weighted by Gasteiger charge is 2.49. The Balaban J connectivity index is 1.75. The molecule has 0 aromatic carbocycles. The van der Waals surface area contributed by atoms with Crippen LogP contribution in [0, 0.1) is 17.8 Å². The van der Waals surface area contributed by atoms with Gasteiger partial charge in [0, 0.05) is 18.0 Å². The van der Waals surface area contributed by atoms with E-state index in [-0.39, 0.29) is 0 Å². The van der Waals surface area contributed by atoms with Crippen molar-refractivity contribution >= 4 is 5.91 Å². The minimum atomic E-state index is 0.378. The molecule has 0 spiro atoms. The lowest BCUT2D eigenvalue weighted by atomic mass is 9.85. The fraction of sp³-hybridized carbons (Fsp3) is 0.929. The summed E-state index contributed by atoms with van der Waals surface area (Å²) in [5.41, 5.74) is 0. The van der Waals surface area contributed by atoms with Crippen LogP contribution in [0.1, 0.15) is 52.4 Å². The average Bonchev–Trinajstić information content (AvgIpc) is 2.89. The molecular formula is C14H23NO. The lowest BCUT2D eigenvalue weighted by Gasteiger charge is -2.33. The minimum Gasteiger partial charge on any atom is -0.336 e. The first kappa shape index (κ1) is 10.6. The largest absolute Gasteiger partial charge is 0.336 e. The standard InChI is InChI=1S/C14H23NO/c1-9-7-12(9)14(16)15-10(2)8-11-5-3-4-6-13(11)15/h9-13H,3-8H2,1-2H3/t9-,10-,11-,12+,13+/m1/s1. The second-order valence-electron chi connectivity index (χ2n) is 6.26. The molecule has 0 aromatic heterocycles. The van der Waals surface area contributed by atoms with E-state index < -0.39 is 0 Å². The molecule has 2 nitrogen and oxygen atoms in total. The summed E-state index contributed by atoms with van der Waals surface area (Å²) in [5.74, 6) is 2.33. The number of hydrogen-bond acceptors (Lipinski definition) is 1. The number of likely N-dealkylation sites (tertiary alicyclic amines) is 1. The van der Waals surface area contributed by atoms with Crippen LogP contribution in [-0.2, 0) is 4.79 Å². The van der Waals surface area contributed by atoms with E-state index in [1.807, 2.05) is 0 Å². The average molecular weight is 221 g/mol. The van der Waals surface area contributed by atoms with Crippen LogP contribution >= 0.6 is 0 Å².